The van der Waals surface area contributed by atoms with Gasteiger partial charge in [0.25, 0.3) is 0 Å². The van der Waals surface area contributed by atoms with Crippen LogP contribution < -0.4 is 5.32 Å². The molecule has 1 aliphatic rings. The van der Waals surface area contributed by atoms with Crippen molar-refractivity contribution >= 4 is 23.8 Å². The molecule has 0 aliphatic carbocycles. The zero-order valence-electron chi connectivity index (χ0n) is 45.7. The fourth-order valence-electron chi connectivity index (χ4n) is 9.35. The number of nitrogens with one attached hydrogen (secondary N) is 1. The van der Waals surface area contributed by atoms with Gasteiger partial charge >= 0.3 is 18.0 Å². The minimum atomic E-state index is -1.75. The molecule has 1 fully saturated rings. The highest BCUT2D eigenvalue weighted by molar-refractivity contribution is 5.81. The molecule has 6 N–H and O–H groups in total. The number of Topliss-reactive ketones (excluding diaryl/α,β-unsaturated/α-hetero) is 1. The Hall–Kier alpha value is -2.40. The van der Waals surface area contributed by atoms with Crippen LogP contribution in [0.25, 0.3) is 0 Å². The molecule has 8 atom stereocenters. The lowest BCUT2D eigenvalue weighted by Crippen LogP contribution is -2.60. The van der Waals surface area contributed by atoms with Gasteiger partial charge in [0, 0.05) is 12.8 Å². The standard InChI is InChI=1S/C57H107NO14/c1-4-6-8-10-12-14-16-18-19-20-21-22-23-24-25-26-27-28-30-32-34-36-38-40-51(62)71-48(39-37-35-33-31-29-17-15-13-11-9-7-5-2)52(63)47(58-57(67)70-45-69-50(61)42-41-46(3)60)44-68-56-55(66)54(65)53(64)49(43-59)72-56/h47-49,52-56,59,63-66H,4-45H2,1-3H3,(H,58,67)/t47-,48+,49+,52-,53-,54-,55+,56-/m0/s1. The third-order valence-corrected chi connectivity index (χ3v) is 14.1. The van der Waals surface area contributed by atoms with Gasteiger partial charge in [0.15, 0.2) is 6.29 Å². The van der Waals surface area contributed by atoms with Crippen LogP contribution >= 0.6 is 0 Å². The summed E-state index contributed by atoms with van der Waals surface area (Å²) < 4.78 is 27.1. The van der Waals surface area contributed by atoms with Crippen LogP contribution in [0.15, 0.2) is 0 Å². The normalized spacial score (nSPS) is 19.1. The molecule has 0 radical (unpaired) electrons. The van der Waals surface area contributed by atoms with E-state index in [0.29, 0.717) is 12.8 Å². The number of hydrogen-bond donors (Lipinski definition) is 6. The molecule has 1 amide bonds. The number of carbonyl (C=O) groups is 4. The predicted octanol–water partition coefficient (Wildman–Crippen LogP) is 11.5. The van der Waals surface area contributed by atoms with Crippen molar-refractivity contribution in [1.29, 1.82) is 0 Å². The van der Waals surface area contributed by atoms with Gasteiger partial charge in [-0.1, -0.05) is 226 Å². The van der Waals surface area contributed by atoms with Gasteiger partial charge in [0.05, 0.1) is 25.7 Å². The second-order valence-electron chi connectivity index (χ2n) is 20.8. The number of ketones is 1. The largest absolute Gasteiger partial charge is 0.460 e. The Morgan fingerprint density at radius 2 is 0.931 bits per heavy atom. The van der Waals surface area contributed by atoms with Gasteiger partial charge in [-0.15, -0.1) is 0 Å². The highest BCUT2D eigenvalue weighted by Gasteiger charge is 2.45. The first-order valence-corrected chi connectivity index (χ1v) is 29.3. The van der Waals surface area contributed by atoms with Crippen molar-refractivity contribution in [2.45, 2.75) is 320 Å². The van der Waals surface area contributed by atoms with E-state index in [-0.39, 0.29) is 31.5 Å². The van der Waals surface area contributed by atoms with Gasteiger partial charge in [0.2, 0.25) is 6.79 Å². The number of hydrogen-bond acceptors (Lipinski definition) is 14. The van der Waals surface area contributed by atoms with Crippen molar-refractivity contribution < 1.29 is 68.4 Å². The Bertz CT molecular complexity index is 1300. The summed E-state index contributed by atoms with van der Waals surface area (Å²) in [6, 6.07) is -1.34. The number of aliphatic hydroxyl groups excluding tert-OH is 5. The van der Waals surface area contributed by atoms with Crippen molar-refractivity contribution in [3.05, 3.63) is 0 Å². The topological polar surface area (TPSA) is 228 Å². The third kappa shape index (κ3) is 36.5. The Balaban J connectivity index is 2.67. The summed E-state index contributed by atoms with van der Waals surface area (Å²) in [5, 5.41) is 55.2. The molecule has 424 valence electrons. The maximum atomic E-state index is 13.3. The van der Waals surface area contributed by atoms with E-state index < -0.39 is 87.0 Å². The van der Waals surface area contributed by atoms with Crippen LogP contribution in [0.3, 0.4) is 0 Å². The van der Waals surface area contributed by atoms with Gasteiger partial charge in [-0.05, 0) is 26.2 Å². The molecule has 0 unspecified atom stereocenters. The number of ether oxygens (including phenoxy) is 5. The fraction of sp³-hybridized carbons (Fsp3) is 0.930. The Morgan fingerprint density at radius 3 is 1.35 bits per heavy atom. The van der Waals surface area contributed by atoms with Crippen molar-refractivity contribution in [3.63, 3.8) is 0 Å². The lowest BCUT2D eigenvalue weighted by atomic mass is 9.98. The molecule has 1 saturated heterocycles. The number of esters is 2. The number of carbonyl (C=O) groups excluding carboxylic acids is 4. The van der Waals surface area contributed by atoms with Crippen LogP contribution in [0.5, 0.6) is 0 Å². The Labute approximate surface area is 436 Å². The van der Waals surface area contributed by atoms with E-state index in [1.54, 1.807) is 0 Å². The molecule has 0 bridgehead atoms. The number of rotatable bonds is 50. The summed E-state index contributed by atoms with van der Waals surface area (Å²) in [7, 11) is 0. The molecular weight excluding hydrogens is 923 g/mol. The Kier molecular flexibility index (Phi) is 44.2. The quantitative estimate of drug-likeness (QED) is 0.0189. The zero-order valence-corrected chi connectivity index (χ0v) is 45.7. The van der Waals surface area contributed by atoms with Crippen LogP contribution in [-0.4, -0.2) is 118 Å². The highest BCUT2D eigenvalue weighted by Crippen LogP contribution is 2.24. The van der Waals surface area contributed by atoms with Crippen molar-refractivity contribution in [3.8, 4) is 0 Å². The van der Waals surface area contributed by atoms with Crippen molar-refractivity contribution in [2.24, 2.45) is 0 Å². The molecule has 0 aromatic heterocycles. The molecule has 0 aromatic rings. The van der Waals surface area contributed by atoms with Gasteiger partial charge in [-0.3, -0.25) is 9.59 Å². The van der Waals surface area contributed by atoms with Gasteiger partial charge in [0.1, 0.15) is 42.4 Å². The second-order valence-corrected chi connectivity index (χ2v) is 20.8. The summed E-state index contributed by atoms with van der Waals surface area (Å²) >= 11 is 0. The van der Waals surface area contributed by atoms with E-state index in [9.17, 15) is 44.7 Å². The van der Waals surface area contributed by atoms with E-state index >= 15 is 0 Å². The smallest absolute Gasteiger partial charge is 0.410 e. The van der Waals surface area contributed by atoms with E-state index in [0.717, 1.165) is 44.9 Å². The summed E-state index contributed by atoms with van der Waals surface area (Å²) in [4.78, 5) is 49.6. The summed E-state index contributed by atoms with van der Waals surface area (Å²) in [5.74, 6) is -1.44. The minimum Gasteiger partial charge on any atom is -0.460 e. The molecule has 0 saturated carbocycles. The van der Waals surface area contributed by atoms with Crippen molar-refractivity contribution in [2.75, 3.05) is 20.0 Å². The zero-order chi connectivity index (χ0) is 52.9. The van der Waals surface area contributed by atoms with Crippen molar-refractivity contribution in [1.82, 2.24) is 5.32 Å². The lowest BCUT2D eigenvalue weighted by Gasteiger charge is -2.40. The second kappa shape index (κ2) is 47.1. The molecule has 15 heteroatoms. The van der Waals surface area contributed by atoms with Gasteiger partial charge in [-0.2, -0.15) is 0 Å². The molecule has 1 heterocycles. The van der Waals surface area contributed by atoms with E-state index in [1.807, 2.05) is 0 Å². The third-order valence-electron chi connectivity index (χ3n) is 14.1. The molecule has 0 spiro atoms. The first-order valence-electron chi connectivity index (χ1n) is 29.3. The molecule has 1 aliphatic heterocycles. The van der Waals surface area contributed by atoms with Crippen LogP contribution in [-0.2, 0) is 38.1 Å². The minimum absolute atomic E-state index is 0.0342. The van der Waals surface area contributed by atoms with E-state index in [2.05, 4.69) is 19.2 Å². The summed E-state index contributed by atoms with van der Waals surface area (Å²) in [6.45, 7) is 3.80. The van der Waals surface area contributed by atoms with Gasteiger partial charge in [-0.25, -0.2) is 4.79 Å². The van der Waals surface area contributed by atoms with E-state index in [1.165, 1.54) is 174 Å². The van der Waals surface area contributed by atoms with Crippen LogP contribution in [0, 0.1) is 0 Å². The molecular formula is C57H107NO14. The first kappa shape index (κ1) is 67.6. The van der Waals surface area contributed by atoms with E-state index in [4.69, 9.17) is 23.7 Å². The summed E-state index contributed by atoms with van der Waals surface area (Å²) in [6.07, 6.45) is 31.4. The maximum Gasteiger partial charge on any atom is 0.410 e. The summed E-state index contributed by atoms with van der Waals surface area (Å²) in [5.41, 5.74) is 0. The number of alkyl carbamates (subject to hydrolysis) is 1. The Morgan fingerprint density at radius 1 is 0.514 bits per heavy atom. The van der Waals surface area contributed by atoms with Gasteiger partial charge < -0.3 is 59.3 Å². The SMILES string of the molecule is CCCCCCCCCCCCCCCCCCCCCCCCCC(=O)O[C@H](CCCCCCCCCCCCCC)[C@@H](O)[C@H](CO[C@H]1O[C@H](CO)[C@H](O)[C@H](O)[C@H]1O)NC(=O)OCOC(=O)CCC(C)=O. The molecule has 1 rings (SSSR count). The maximum absolute atomic E-state index is 13.3. The van der Waals surface area contributed by atoms with Crippen LogP contribution in [0.1, 0.15) is 271 Å². The monoisotopic (exact) mass is 1030 g/mol. The number of aliphatic hydroxyl groups is 5. The fourth-order valence-corrected chi connectivity index (χ4v) is 9.35. The average Bonchev–Trinajstić information content (AvgIpc) is 3.36. The first-order chi connectivity index (χ1) is 34.9. The lowest BCUT2D eigenvalue weighted by molar-refractivity contribution is -0.303. The molecule has 0 aromatic carbocycles. The average molecular weight is 1030 g/mol. The number of amides is 1. The highest BCUT2D eigenvalue weighted by atomic mass is 16.7. The van der Waals surface area contributed by atoms with Crippen LogP contribution in [0.2, 0.25) is 0 Å². The van der Waals surface area contributed by atoms with Crippen LogP contribution in [0.4, 0.5) is 4.79 Å². The molecule has 72 heavy (non-hydrogen) atoms. The number of unbranched alkanes of at least 4 members (excludes halogenated alkanes) is 33. The predicted molar refractivity (Wildman–Crippen MR) is 282 cm³/mol. The molecule has 15 nitrogen and oxygen atoms in total.